The first-order chi connectivity index (χ1) is 8.91. The van der Waals surface area contributed by atoms with Crippen molar-refractivity contribution in [3.63, 3.8) is 0 Å². The molecule has 2 aliphatic carbocycles. The smallest absolute Gasteiger partial charge is 0.310 e. The van der Waals surface area contributed by atoms with Gasteiger partial charge in [0.2, 0.25) is 0 Å². The molecule has 2 heteroatoms. The van der Waals surface area contributed by atoms with Gasteiger partial charge in [-0.2, -0.15) is 0 Å². The fourth-order valence-corrected chi connectivity index (χ4v) is 2.40. The van der Waals surface area contributed by atoms with Gasteiger partial charge < -0.3 is 5.11 Å². The first-order valence-corrected chi connectivity index (χ1v) is 6.67. The highest BCUT2D eigenvalue weighted by Crippen LogP contribution is 2.35. The van der Waals surface area contributed by atoms with Crippen LogP contribution in [0, 0.1) is 6.92 Å². The molecule has 100 valence electrons. The quantitative estimate of drug-likeness (QED) is 0.883. The van der Waals surface area contributed by atoms with E-state index in [4.69, 9.17) is 0 Å². The summed E-state index contributed by atoms with van der Waals surface area (Å²) in [5.41, 5.74) is 5.55. The van der Waals surface area contributed by atoms with Crippen LogP contribution >= 0.6 is 0 Å². The van der Waals surface area contributed by atoms with Crippen molar-refractivity contribution in [3.8, 4) is 11.1 Å². The molecule has 1 unspecified atom stereocenters. The van der Waals surface area contributed by atoms with E-state index in [9.17, 15) is 9.90 Å². The predicted molar refractivity (Wildman–Crippen MR) is 77.9 cm³/mol. The molecule has 2 nitrogen and oxygen atoms in total. The summed E-state index contributed by atoms with van der Waals surface area (Å²) in [6.45, 7) is 8.12. The van der Waals surface area contributed by atoms with Crippen LogP contribution < -0.4 is 0 Å². The molecule has 19 heavy (non-hydrogen) atoms. The minimum absolute atomic E-state index is 0.429. The SMILES string of the molecule is Cc1ccc2c(C(C)C(=O)O)ccc(C(C)C)cc1-2. The summed E-state index contributed by atoms with van der Waals surface area (Å²) in [6, 6.07) is 10.3. The lowest BCUT2D eigenvalue weighted by molar-refractivity contribution is -0.138. The van der Waals surface area contributed by atoms with E-state index in [0.717, 1.165) is 16.7 Å². The summed E-state index contributed by atoms with van der Waals surface area (Å²) in [4.78, 5) is 11.3. The molecule has 2 rings (SSSR count). The summed E-state index contributed by atoms with van der Waals surface area (Å²) in [7, 11) is 0. The zero-order valence-corrected chi connectivity index (χ0v) is 11.9. The molecule has 0 fully saturated rings. The lowest BCUT2D eigenvalue weighted by atomic mass is 9.95. The van der Waals surface area contributed by atoms with Crippen LogP contribution in [0.2, 0.25) is 0 Å². The van der Waals surface area contributed by atoms with Gasteiger partial charge in [-0.25, -0.2) is 0 Å². The van der Waals surface area contributed by atoms with Gasteiger partial charge in [-0.15, -0.1) is 0 Å². The maximum absolute atomic E-state index is 11.3. The van der Waals surface area contributed by atoms with E-state index in [1.807, 2.05) is 12.1 Å². The third-order valence-electron chi connectivity index (χ3n) is 3.80. The van der Waals surface area contributed by atoms with E-state index in [0.29, 0.717) is 5.92 Å². The van der Waals surface area contributed by atoms with Crippen LogP contribution in [0.1, 0.15) is 49.3 Å². The first-order valence-electron chi connectivity index (χ1n) is 6.67. The van der Waals surface area contributed by atoms with Crippen LogP contribution in [-0.4, -0.2) is 11.1 Å². The van der Waals surface area contributed by atoms with Gasteiger partial charge in [0.1, 0.15) is 0 Å². The van der Waals surface area contributed by atoms with Gasteiger partial charge in [-0.1, -0.05) is 44.2 Å². The van der Waals surface area contributed by atoms with Gasteiger partial charge in [0.15, 0.2) is 0 Å². The standard InChI is InChI=1S/C17H20O2/c1-10(2)13-6-8-14(12(4)17(18)19)15-7-5-11(3)16(15)9-13/h5-10,12H,1-4H3,(H,18,19). The molecule has 0 heterocycles. The number of carboxylic acids is 1. The third-order valence-corrected chi connectivity index (χ3v) is 3.80. The second-order valence-corrected chi connectivity index (χ2v) is 5.49. The van der Waals surface area contributed by atoms with Crippen LogP contribution in [-0.2, 0) is 4.79 Å². The van der Waals surface area contributed by atoms with Crippen molar-refractivity contribution in [2.75, 3.05) is 0 Å². The molecular weight excluding hydrogens is 236 g/mol. The Morgan fingerprint density at radius 3 is 2.32 bits per heavy atom. The Morgan fingerprint density at radius 2 is 1.74 bits per heavy atom. The molecule has 0 aliphatic heterocycles. The number of aryl methyl sites for hydroxylation is 1. The van der Waals surface area contributed by atoms with Gasteiger partial charge in [-0.3, -0.25) is 4.79 Å². The molecule has 0 radical (unpaired) electrons. The number of hydrogen-bond acceptors (Lipinski definition) is 1. The predicted octanol–water partition coefficient (Wildman–Crippen LogP) is 4.41. The largest absolute Gasteiger partial charge is 0.481 e. The van der Waals surface area contributed by atoms with E-state index in [1.54, 1.807) is 6.92 Å². The van der Waals surface area contributed by atoms with E-state index >= 15 is 0 Å². The van der Waals surface area contributed by atoms with E-state index < -0.39 is 11.9 Å². The summed E-state index contributed by atoms with van der Waals surface area (Å²) in [5, 5.41) is 9.26. The number of fused-ring (bicyclic) bond motifs is 1. The molecule has 0 bridgehead atoms. The minimum Gasteiger partial charge on any atom is -0.481 e. The molecule has 0 saturated heterocycles. The summed E-state index contributed by atoms with van der Waals surface area (Å²) < 4.78 is 0. The van der Waals surface area contributed by atoms with Crippen molar-refractivity contribution in [2.45, 2.75) is 39.5 Å². The first kappa shape index (κ1) is 13.6. The van der Waals surface area contributed by atoms with Crippen LogP contribution in [0.3, 0.4) is 0 Å². The van der Waals surface area contributed by atoms with Crippen molar-refractivity contribution in [2.24, 2.45) is 0 Å². The van der Waals surface area contributed by atoms with Crippen LogP contribution in [0.4, 0.5) is 0 Å². The van der Waals surface area contributed by atoms with Crippen molar-refractivity contribution < 1.29 is 9.90 Å². The lowest BCUT2D eigenvalue weighted by Gasteiger charge is -2.09. The number of rotatable bonds is 3. The average Bonchev–Trinajstić information content (AvgIpc) is 2.60. The monoisotopic (exact) mass is 256 g/mol. The lowest BCUT2D eigenvalue weighted by Crippen LogP contribution is -2.07. The fourth-order valence-electron chi connectivity index (χ4n) is 2.40. The Morgan fingerprint density at radius 1 is 1.05 bits per heavy atom. The Kier molecular flexibility index (Phi) is 3.61. The third kappa shape index (κ3) is 2.48. The second-order valence-electron chi connectivity index (χ2n) is 5.49. The number of carbonyl (C=O) groups is 1. The topological polar surface area (TPSA) is 37.3 Å². The van der Waals surface area contributed by atoms with E-state index in [2.05, 4.69) is 39.0 Å². The average molecular weight is 256 g/mol. The van der Waals surface area contributed by atoms with Crippen molar-refractivity contribution >= 4 is 5.97 Å². The molecule has 0 spiro atoms. The zero-order chi connectivity index (χ0) is 14.2. The van der Waals surface area contributed by atoms with Gasteiger partial charge in [-0.05, 0) is 47.6 Å². The van der Waals surface area contributed by atoms with Gasteiger partial charge in [0.25, 0.3) is 0 Å². The summed E-state index contributed by atoms with van der Waals surface area (Å²) >= 11 is 0. The van der Waals surface area contributed by atoms with E-state index in [1.165, 1.54) is 11.1 Å². The highest BCUT2D eigenvalue weighted by atomic mass is 16.4. The van der Waals surface area contributed by atoms with Crippen molar-refractivity contribution in [1.82, 2.24) is 0 Å². The molecular formula is C17H20O2. The zero-order valence-electron chi connectivity index (χ0n) is 11.9. The molecule has 0 amide bonds. The highest BCUT2D eigenvalue weighted by molar-refractivity contribution is 5.82. The van der Waals surface area contributed by atoms with Gasteiger partial charge in [0, 0.05) is 0 Å². The van der Waals surface area contributed by atoms with Crippen LogP contribution in [0.5, 0.6) is 0 Å². The molecule has 1 N–H and O–H groups in total. The number of hydrogen-bond donors (Lipinski definition) is 1. The summed E-state index contributed by atoms with van der Waals surface area (Å²) in [5.74, 6) is -0.841. The molecule has 0 aromatic heterocycles. The molecule has 0 aromatic carbocycles. The van der Waals surface area contributed by atoms with Crippen LogP contribution in [0.25, 0.3) is 11.1 Å². The van der Waals surface area contributed by atoms with Crippen LogP contribution in [0.15, 0.2) is 30.3 Å². The van der Waals surface area contributed by atoms with Crippen molar-refractivity contribution in [1.29, 1.82) is 0 Å². The molecule has 0 aromatic rings. The Labute approximate surface area is 114 Å². The van der Waals surface area contributed by atoms with Gasteiger partial charge in [0.05, 0.1) is 5.92 Å². The van der Waals surface area contributed by atoms with Gasteiger partial charge >= 0.3 is 5.97 Å². The number of carboxylic acid groups (broad SMARTS) is 1. The normalized spacial score (nSPS) is 12.9. The maximum atomic E-state index is 11.3. The minimum atomic E-state index is -0.780. The maximum Gasteiger partial charge on any atom is 0.310 e. The molecule has 0 saturated carbocycles. The Balaban J connectivity index is 2.69. The molecule has 2 aliphatic rings. The fraction of sp³-hybridized carbons (Fsp3) is 0.353. The Bertz CT molecular complexity index is 584. The molecule has 1 atom stereocenters. The Hall–Kier alpha value is -1.83. The highest BCUT2D eigenvalue weighted by Gasteiger charge is 2.20. The number of aliphatic carboxylic acids is 1. The van der Waals surface area contributed by atoms with Crippen molar-refractivity contribution in [3.05, 3.63) is 47.0 Å². The second kappa shape index (κ2) is 5.04. The summed E-state index contributed by atoms with van der Waals surface area (Å²) in [6.07, 6.45) is 0. The van der Waals surface area contributed by atoms with E-state index in [-0.39, 0.29) is 0 Å².